The van der Waals surface area contributed by atoms with Gasteiger partial charge in [0, 0.05) is 35.1 Å². The first-order valence-electron chi connectivity index (χ1n) is 10.8. The molecule has 2 aromatic heterocycles. The Labute approximate surface area is 192 Å². The molecular weight excluding hydrogens is 410 g/mol. The van der Waals surface area contributed by atoms with E-state index in [-0.39, 0.29) is 11.8 Å². The molecule has 0 saturated heterocycles. The van der Waals surface area contributed by atoms with Crippen molar-refractivity contribution in [1.29, 1.82) is 0 Å². The minimum atomic E-state index is -0.382. The van der Waals surface area contributed by atoms with Crippen molar-refractivity contribution in [2.75, 3.05) is 5.32 Å². The van der Waals surface area contributed by atoms with Gasteiger partial charge in [0.1, 0.15) is 23.6 Å². The summed E-state index contributed by atoms with van der Waals surface area (Å²) in [6.45, 7) is 0.447. The molecule has 33 heavy (non-hydrogen) atoms. The Bertz CT molecular complexity index is 1360. The number of benzene rings is 3. The van der Waals surface area contributed by atoms with Crippen molar-refractivity contribution < 1.29 is 9.84 Å². The molecule has 1 unspecified atom stereocenters. The van der Waals surface area contributed by atoms with Gasteiger partial charge in [-0.1, -0.05) is 66.7 Å². The van der Waals surface area contributed by atoms with Crippen molar-refractivity contribution in [3.63, 3.8) is 0 Å². The maximum Gasteiger partial charge on any atom is 0.147 e. The highest BCUT2D eigenvalue weighted by Crippen LogP contribution is 2.39. The lowest BCUT2D eigenvalue weighted by atomic mass is 9.95. The van der Waals surface area contributed by atoms with Gasteiger partial charge in [-0.15, -0.1) is 0 Å². The molecule has 5 nitrogen and oxygen atoms in total. The van der Waals surface area contributed by atoms with Gasteiger partial charge >= 0.3 is 0 Å². The number of fused-ring (bicyclic) bond motifs is 1. The second kappa shape index (κ2) is 9.40. The van der Waals surface area contributed by atoms with E-state index < -0.39 is 0 Å². The topological polar surface area (TPSA) is 67.3 Å². The molecule has 5 rings (SSSR count). The zero-order chi connectivity index (χ0) is 22.5. The molecule has 0 saturated carbocycles. The molecule has 0 aliphatic heterocycles. The van der Waals surface area contributed by atoms with Gasteiger partial charge in [0.05, 0.1) is 11.7 Å². The third-order valence-corrected chi connectivity index (χ3v) is 5.53. The minimum Gasteiger partial charge on any atom is -0.505 e. The molecular formula is C28H23N3O2. The summed E-state index contributed by atoms with van der Waals surface area (Å²) in [5, 5.41) is 15.6. The Morgan fingerprint density at radius 2 is 1.61 bits per heavy atom. The van der Waals surface area contributed by atoms with Gasteiger partial charge in [-0.25, -0.2) is 0 Å². The molecule has 0 amide bonds. The molecule has 5 heteroatoms. The van der Waals surface area contributed by atoms with Crippen LogP contribution in [-0.2, 0) is 6.61 Å². The van der Waals surface area contributed by atoms with Gasteiger partial charge < -0.3 is 15.2 Å². The SMILES string of the molecule is Oc1c(C(Nc2cccnc2)c2ccccc2OCc2ccccc2)ccc2cccnc12. The molecule has 0 bridgehead atoms. The fourth-order valence-electron chi connectivity index (χ4n) is 3.90. The Kier molecular flexibility index (Phi) is 5.85. The standard InChI is InChI=1S/C28H23N3O2/c32-28-24(15-14-21-10-6-17-30-26(21)28)27(31-22-11-7-16-29-18-22)23-12-4-5-13-25(23)33-19-20-8-2-1-3-9-20/h1-18,27,31-32H,19H2. The number of rotatable bonds is 7. The van der Waals surface area contributed by atoms with Crippen molar-refractivity contribution >= 4 is 16.6 Å². The van der Waals surface area contributed by atoms with Gasteiger partial charge in [-0.3, -0.25) is 9.97 Å². The summed E-state index contributed by atoms with van der Waals surface area (Å²) in [6, 6.07) is 29.1. The summed E-state index contributed by atoms with van der Waals surface area (Å²) in [4.78, 5) is 8.63. The van der Waals surface area contributed by atoms with E-state index in [2.05, 4.69) is 15.3 Å². The van der Waals surface area contributed by atoms with E-state index in [9.17, 15) is 5.11 Å². The lowest BCUT2D eigenvalue weighted by Gasteiger charge is -2.24. The quantitative estimate of drug-likeness (QED) is 0.324. The van der Waals surface area contributed by atoms with Crippen LogP contribution >= 0.6 is 0 Å². The van der Waals surface area contributed by atoms with E-state index in [4.69, 9.17) is 4.74 Å². The largest absolute Gasteiger partial charge is 0.505 e. The molecule has 2 N–H and O–H groups in total. The van der Waals surface area contributed by atoms with Gasteiger partial charge in [-0.2, -0.15) is 0 Å². The van der Waals surface area contributed by atoms with E-state index in [0.717, 1.165) is 28.0 Å². The van der Waals surface area contributed by atoms with E-state index in [1.807, 2.05) is 91.0 Å². The van der Waals surface area contributed by atoms with E-state index in [1.54, 1.807) is 18.6 Å². The van der Waals surface area contributed by atoms with E-state index in [1.165, 1.54) is 0 Å². The summed E-state index contributed by atoms with van der Waals surface area (Å²) in [6.07, 6.45) is 5.18. The molecule has 0 radical (unpaired) electrons. The third-order valence-electron chi connectivity index (χ3n) is 5.53. The van der Waals surface area contributed by atoms with Crippen molar-refractivity contribution in [2.24, 2.45) is 0 Å². The lowest BCUT2D eigenvalue weighted by Crippen LogP contribution is -2.14. The number of anilines is 1. The highest BCUT2D eigenvalue weighted by molar-refractivity contribution is 5.86. The Hall–Kier alpha value is -4.38. The van der Waals surface area contributed by atoms with Crippen molar-refractivity contribution in [3.05, 3.63) is 126 Å². The van der Waals surface area contributed by atoms with Crippen molar-refractivity contribution in [1.82, 2.24) is 9.97 Å². The van der Waals surface area contributed by atoms with Crippen molar-refractivity contribution in [2.45, 2.75) is 12.6 Å². The molecule has 5 aromatic rings. The number of hydrogen-bond donors (Lipinski definition) is 2. The molecule has 0 spiro atoms. The number of ether oxygens (including phenoxy) is 1. The molecule has 0 aliphatic rings. The van der Waals surface area contributed by atoms with Crippen LogP contribution in [0.4, 0.5) is 5.69 Å². The highest BCUT2D eigenvalue weighted by Gasteiger charge is 2.23. The van der Waals surface area contributed by atoms with E-state index in [0.29, 0.717) is 17.7 Å². The monoisotopic (exact) mass is 433 g/mol. The predicted octanol–water partition coefficient (Wildman–Crippen LogP) is 6.12. The van der Waals surface area contributed by atoms with Gasteiger partial charge in [-0.05, 0) is 29.8 Å². The second-order valence-corrected chi connectivity index (χ2v) is 7.71. The summed E-state index contributed by atoms with van der Waals surface area (Å²) < 4.78 is 6.24. The number of para-hydroxylation sites is 1. The lowest BCUT2D eigenvalue weighted by molar-refractivity contribution is 0.302. The van der Waals surface area contributed by atoms with Gasteiger partial charge in [0.15, 0.2) is 0 Å². The Morgan fingerprint density at radius 3 is 2.45 bits per heavy atom. The second-order valence-electron chi connectivity index (χ2n) is 7.71. The van der Waals surface area contributed by atoms with E-state index >= 15 is 0 Å². The molecule has 0 fully saturated rings. The summed E-state index contributed by atoms with van der Waals surface area (Å²) in [7, 11) is 0. The molecule has 3 aromatic carbocycles. The number of aromatic nitrogens is 2. The third kappa shape index (κ3) is 4.48. The van der Waals surface area contributed by atoms with Crippen LogP contribution in [0.1, 0.15) is 22.7 Å². The molecule has 2 heterocycles. The van der Waals surface area contributed by atoms with Crippen LogP contribution in [0.3, 0.4) is 0 Å². The zero-order valence-corrected chi connectivity index (χ0v) is 17.9. The maximum atomic E-state index is 11.2. The number of pyridine rings is 2. The molecule has 0 aliphatic carbocycles. The first-order valence-corrected chi connectivity index (χ1v) is 10.8. The molecule has 162 valence electrons. The number of nitrogens with zero attached hydrogens (tertiary/aromatic N) is 2. The fourth-order valence-corrected chi connectivity index (χ4v) is 3.90. The Balaban J connectivity index is 1.58. The normalized spacial score (nSPS) is 11.8. The van der Waals surface area contributed by atoms with Crippen LogP contribution in [0, 0.1) is 0 Å². The summed E-state index contributed by atoms with van der Waals surface area (Å²) >= 11 is 0. The van der Waals surface area contributed by atoms with Gasteiger partial charge in [0.2, 0.25) is 0 Å². The van der Waals surface area contributed by atoms with Crippen molar-refractivity contribution in [3.8, 4) is 11.5 Å². The summed E-state index contributed by atoms with van der Waals surface area (Å²) in [5.41, 5.74) is 4.10. The highest BCUT2D eigenvalue weighted by atomic mass is 16.5. The predicted molar refractivity (Wildman–Crippen MR) is 130 cm³/mol. The number of nitrogens with one attached hydrogen (secondary N) is 1. The minimum absolute atomic E-state index is 0.146. The van der Waals surface area contributed by atoms with Crippen LogP contribution in [0.5, 0.6) is 11.5 Å². The Morgan fingerprint density at radius 1 is 0.788 bits per heavy atom. The van der Waals surface area contributed by atoms with Crippen LogP contribution in [-0.4, -0.2) is 15.1 Å². The smallest absolute Gasteiger partial charge is 0.147 e. The van der Waals surface area contributed by atoms with Crippen LogP contribution in [0.15, 0.2) is 110 Å². The van der Waals surface area contributed by atoms with Crippen LogP contribution < -0.4 is 10.1 Å². The number of phenolic OH excluding ortho intramolecular Hbond substituents is 1. The zero-order valence-electron chi connectivity index (χ0n) is 17.9. The number of aromatic hydroxyl groups is 1. The summed E-state index contributed by atoms with van der Waals surface area (Å²) in [5.74, 6) is 0.885. The molecule has 1 atom stereocenters. The number of phenols is 1. The van der Waals surface area contributed by atoms with Gasteiger partial charge in [0.25, 0.3) is 0 Å². The first-order chi connectivity index (χ1) is 16.3. The maximum absolute atomic E-state index is 11.2. The first kappa shape index (κ1) is 20.5. The number of hydrogen-bond acceptors (Lipinski definition) is 5. The van der Waals surface area contributed by atoms with Crippen LogP contribution in [0.25, 0.3) is 10.9 Å². The average Bonchev–Trinajstić information content (AvgIpc) is 2.88. The average molecular weight is 434 g/mol. The van der Waals surface area contributed by atoms with Crippen LogP contribution in [0.2, 0.25) is 0 Å². The fraction of sp³-hybridized carbons (Fsp3) is 0.0714.